The number of fused-ring (bicyclic) bond motifs is 1. The third-order valence-corrected chi connectivity index (χ3v) is 4.68. The number of amides is 1. The first-order valence-electron chi connectivity index (χ1n) is 9.17. The van der Waals surface area contributed by atoms with E-state index in [1.807, 2.05) is 23.1 Å². The Kier molecular flexibility index (Phi) is 6.16. The minimum Gasteiger partial charge on any atom is -0.454 e. The quantitative estimate of drug-likeness (QED) is 0.664. The fraction of sp³-hybridized carbons (Fsp3) is 0.550. The van der Waals surface area contributed by atoms with E-state index in [4.69, 9.17) is 9.47 Å². The van der Waals surface area contributed by atoms with Crippen molar-refractivity contribution in [1.29, 1.82) is 0 Å². The second-order valence-corrected chi connectivity index (χ2v) is 6.56. The summed E-state index contributed by atoms with van der Waals surface area (Å²) in [5.74, 6) is 2.02. The van der Waals surface area contributed by atoms with Gasteiger partial charge in [0.05, 0.1) is 0 Å². The van der Waals surface area contributed by atoms with Crippen LogP contribution in [0.4, 0.5) is 0 Å². The SMILES string of the molecule is O=C(CCCCCC/C=C/c1ccc2c(c1)OCO2)N1CCCC1. The van der Waals surface area contributed by atoms with E-state index in [9.17, 15) is 4.79 Å². The van der Waals surface area contributed by atoms with Crippen molar-refractivity contribution in [2.75, 3.05) is 19.9 Å². The first kappa shape index (κ1) is 16.9. The maximum Gasteiger partial charge on any atom is 0.231 e. The fourth-order valence-electron chi connectivity index (χ4n) is 3.25. The van der Waals surface area contributed by atoms with Crippen molar-refractivity contribution in [2.45, 2.75) is 51.4 Å². The highest BCUT2D eigenvalue weighted by molar-refractivity contribution is 5.76. The van der Waals surface area contributed by atoms with Gasteiger partial charge in [0.1, 0.15) is 0 Å². The van der Waals surface area contributed by atoms with E-state index < -0.39 is 0 Å². The monoisotopic (exact) mass is 329 g/mol. The molecule has 0 unspecified atom stereocenters. The Balaban J connectivity index is 1.25. The lowest BCUT2D eigenvalue weighted by atomic mass is 10.1. The van der Waals surface area contributed by atoms with Crippen LogP contribution in [0.2, 0.25) is 0 Å². The van der Waals surface area contributed by atoms with Crippen LogP contribution in [0.3, 0.4) is 0 Å². The third-order valence-electron chi connectivity index (χ3n) is 4.68. The standard InChI is InChI=1S/C20H27NO3/c22-20(21-13-7-8-14-21)10-6-4-2-1-3-5-9-17-11-12-18-19(15-17)24-16-23-18/h5,9,11-12,15H,1-4,6-8,10,13-14,16H2/b9-5+. The van der Waals surface area contributed by atoms with E-state index in [0.29, 0.717) is 12.7 Å². The predicted molar refractivity (Wildman–Crippen MR) is 95.1 cm³/mol. The molecule has 2 heterocycles. The fourth-order valence-corrected chi connectivity index (χ4v) is 3.25. The summed E-state index contributed by atoms with van der Waals surface area (Å²) in [6, 6.07) is 6.02. The zero-order valence-corrected chi connectivity index (χ0v) is 14.3. The molecular formula is C20H27NO3. The van der Waals surface area contributed by atoms with Crippen molar-refractivity contribution in [1.82, 2.24) is 4.90 Å². The number of rotatable bonds is 8. The number of carbonyl (C=O) groups excluding carboxylic acids is 1. The van der Waals surface area contributed by atoms with Crippen molar-refractivity contribution in [3.8, 4) is 11.5 Å². The molecule has 0 bridgehead atoms. The lowest BCUT2D eigenvalue weighted by molar-refractivity contribution is -0.130. The number of allylic oxidation sites excluding steroid dienone is 1. The van der Waals surface area contributed by atoms with Gasteiger partial charge in [-0.1, -0.05) is 31.1 Å². The van der Waals surface area contributed by atoms with Gasteiger partial charge in [0.15, 0.2) is 11.5 Å². The third kappa shape index (κ3) is 4.76. The van der Waals surface area contributed by atoms with Crippen molar-refractivity contribution < 1.29 is 14.3 Å². The van der Waals surface area contributed by atoms with Gasteiger partial charge in [-0.25, -0.2) is 0 Å². The van der Waals surface area contributed by atoms with Crippen LogP contribution in [0.15, 0.2) is 24.3 Å². The van der Waals surface area contributed by atoms with Crippen LogP contribution in [-0.2, 0) is 4.79 Å². The highest BCUT2D eigenvalue weighted by Gasteiger charge is 2.16. The zero-order valence-electron chi connectivity index (χ0n) is 14.3. The van der Waals surface area contributed by atoms with Crippen molar-refractivity contribution >= 4 is 12.0 Å². The molecule has 2 aliphatic heterocycles. The molecule has 1 aromatic rings. The van der Waals surface area contributed by atoms with Crippen molar-refractivity contribution in [3.05, 3.63) is 29.8 Å². The van der Waals surface area contributed by atoms with E-state index in [1.165, 1.54) is 25.7 Å². The number of unbranched alkanes of at least 4 members (excludes halogenated alkanes) is 4. The molecule has 4 heteroatoms. The molecule has 1 saturated heterocycles. The van der Waals surface area contributed by atoms with E-state index in [-0.39, 0.29) is 0 Å². The molecule has 3 rings (SSSR count). The summed E-state index contributed by atoms with van der Waals surface area (Å²) < 4.78 is 10.7. The van der Waals surface area contributed by atoms with Crippen LogP contribution in [0, 0.1) is 0 Å². The normalized spacial score (nSPS) is 16.2. The summed E-state index contributed by atoms with van der Waals surface area (Å²) in [5.41, 5.74) is 1.15. The highest BCUT2D eigenvalue weighted by Crippen LogP contribution is 2.32. The summed E-state index contributed by atoms with van der Waals surface area (Å²) in [6.07, 6.45) is 13.1. The highest BCUT2D eigenvalue weighted by atomic mass is 16.7. The smallest absolute Gasteiger partial charge is 0.231 e. The van der Waals surface area contributed by atoms with Crippen LogP contribution >= 0.6 is 0 Å². The molecule has 0 N–H and O–H groups in total. The lowest BCUT2D eigenvalue weighted by Gasteiger charge is -2.14. The minimum atomic E-state index is 0.322. The molecule has 0 aliphatic carbocycles. The number of hydrogen-bond donors (Lipinski definition) is 0. The predicted octanol–water partition coefficient (Wildman–Crippen LogP) is 4.39. The molecule has 1 aromatic carbocycles. The maximum absolute atomic E-state index is 11.9. The summed E-state index contributed by atoms with van der Waals surface area (Å²) in [7, 11) is 0. The Morgan fingerprint density at radius 2 is 1.83 bits per heavy atom. The van der Waals surface area contributed by atoms with Crippen molar-refractivity contribution in [3.63, 3.8) is 0 Å². The van der Waals surface area contributed by atoms with Gasteiger partial charge in [-0.3, -0.25) is 4.79 Å². The Morgan fingerprint density at radius 1 is 1.04 bits per heavy atom. The summed E-state index contributed by atoms with van der Waals surface area (Å²) >= 11 is 0. The average Bonchev–Trinajstić information content (AvgIpc) is 3.28. The molecule has 0 atom stereocenters. The van der Waals surface area contributed by atoms with E-state index in [1.54, 1.807) is 0 Å². The first-order valence-corrected chi connectivity index (χ1v) is 9.17. The van der Waals surface area contributed by atoms with Crippen LogP contribution in [-0.4, -0.2) is 30.7 Å². The number of carbonyl (C=O) groups is 1. The summed E-state index contributed by atoms with van der Waals surface area (Å²) in [4.78, 5) is 13.9. The molecule has 0 saturated carbocycles. The number of likely N-dealkylation sites (tertiary alicyclic amines) is 1. The molecule has 24 heavy (non-hydrogen) atoms. The molecule has 1 fully saturated rings. The van der Waals surface area contributed by atoms with E-state index in [2.05, 4.69) is 12.2 Å². The largest absolute Gasteiger partial charge is 0.454 e. The number of nitrogens with zero attached hydrogens (tertiary/aromatic N) is 1. The minimum absolute atomic E-state index is 0.322. The van der Waals surface area contributed by atoms with Crippen LogP contribution in [0.25, 0.3) is 6.08 Å². The van der Waals surface area contributed by atoms with Gasteiger partial charge in [0, 0.05) is 19.5 Å². The molecular weight excluding hydrogens is 302 g/mol. The second-order valence-electron chi connectivity index (χ2n) is 6.56. The molecule has 130 valence electrons. The second kappa shape index (κ2) is 8.76. The van der Waals surface area contributed by atoms with E-state index >= 15 is 0 Å². The van der Waals surface area contributed by atoms with Crippen LogP contribution in [0.5, 0.6) is 11.5 Å². The molecule has 2 aliphatic rings. The van der Waals surface area contributed by atoms with Crippen LogP contribution < -0.4 is 9.47 Å². The molecule has 1 amide bonds. The molecule has 4 nitrogen and oxygen atoms in total. The number of benzene rings is 1. The Hall–Kier alpha value is -1.97. The van der Waals surface area contributed by atoms with Gasteiger partial charge in [-0.2, -0.15) is 0 Å². The van der Waals surface area contributed by atoms with Crippen molar-refractivity contribution in [2.24, 2.45) is 0 Å². The first-order chi connectivity index (χ1) is 11.8. The Bertz CT molecular complexity index is 576. The molecule has 0 radical (unpaired) electrons. The number of hydrogen-bond acceptors (Lipinski definition) is 3. The van der Waals surface area contributed by atoms with Crippen LogP contribution in [0.1, 0.15) is 56.9 Å². The summed E-state index contributed by atoms with van der Waals surface area (Å²) in [6.45, 7) is 2.27. The average molecular weight is 329 g/mol. The molecule has 0 spiro atoms. The Labute approximate surface area is 144 Å². The van der Waals surface area contributed by atoms with E-state index in [0.717, 1.165) is 55.8 Å². The zero-order chi connectivity index (χ0) is 16.6. The number of ether oxygens (including phenoxy) is 2. The topological polar surface area (TPSA) is 38.8 Å². The van der Waals surface area contributed by atoms with Gasteiger partial charge in [0.2, 0.25) is 12.7 Å². The van der Waals surface area contributed by atoms with Gasteiger partial charge in [-0.05, 0) is 49.8 Å². The maximum atomic E-state index is 11.9. The summed E-state index contributed by atoms with van der Waals surface area (Å²) in [5, 5.41) is 0. The Morgan fingerprint density at radius 3 is 2.71 bits per heavy atom. The molecule has 0 aromatic heterocycles. The van der Waals surface area contributed by atoms with Gasteiger partial charge in [-0.15, -0.1) is 0 Å². The van der Waals surface area contributed by atoms with Gasteiger partial charge < -0.3 is 14.4 Å². The van der Waals surface area contributed by atoms with Gasteiger partial charge in [0.25, 0.3) is 0 Å². The van der Waals surface area contributed by atoms with Gasteiger partial charge >= 0.3 is 0 Å². The lowest BCUT2D eigenvalue weighted by Crippen LogP contribution is -2.27.